The molecule has 84 valence electrons. The molecule has 6 heteroatoms. The van der Waals surface area contributed by atoms with Crippen molar-refractivity contribution in [2.75, 3.05) is 0 Å². The molecule has 2 aromatic heterocycles. The quantitative estimate of drug-likeness (QED) is 0.765. The molecule has 0 N–H and O–H groups in total. The normalized spacial score (nSPS) is 11.4. The van der Waals surface area contributed by atoms with Gasteiger partial charge in [0.2, 0.25) is 0 Å². The number of aryl methyl sites for hydroxylation is 2. The molecule has 0 radical (unpaired) electrons. The number of hydrogen-bond acceptors (Lipinski definition) is 2. The standard InChI is InChI=1S/C10H12N4S2/c1-11-3-5-13(9(11)15)7-8-14-6-4-12(2)10(14)16/h3-8H,1-2H3/b8-7+. The third kappa shape index (κ3) is 1.94. The molecule has 0 bridgehead atoms. The maximum atomic E-state index is 5.21. The maximum Gasteiger partial charge on any atom is 0.183 e. The topological polar surface area (TPSA) is 19.7 Å². The monoisotopic (exact) mass is 252 g/mol. The molecular formula is C10H12N4S2. The summed E-state index contributed by atoms with van der Waals surface area (Å²) in [5.74, 6) is 0. The van der Waals surface area contributed by atoms with E-state index in [4.69, 9.17) is 24.4 Å². The van der Waals surface area contributed by atoms with E-state index in [1.165, 1.54) is 0 Å². The number of aromatic nitrogens is 4. The summed E-state index contributed by atoms with van der Waals surface area (Å²) >= 11 is 10.4. The maximum absolute atomic E-state index is 5.21. The van der Waals surface area contributed by atoms with Gasteiger partial charge in [-0.1, -0.05) is 0 Å². The fourth-order valence-electron chi connectivity index (χ4n) is 1.33. The Labute approximate surface area is 104 Å². The van der Waals surface area contributed by atoms with Crippen LogP contribution in [0.4, 0.5) is 0 Å². The molecule has 0 aromatic carbocycles. The number of nitrogens with zero attached hydrogens (tertiary/aromatic N) is 4. The lowest BCUT2D eigenvalue weighted by Gasteiger charge is -1.95. The van der Waals surface area contributed by atoms with Crippen LogP contribution in [0.1, 0.15) is 0 Å². The summed E-state index contributed by atoms with van der Waals surface area (Å²) in [5.41, 5.74) is 0. The number of imidazole rings is 2. The fraction of sp³-hybridized carbons (Fsp3) is 0.200. The first-order chi connectivity index (χ1) is 7.59. The Kier molecular flexibility index (Phi) is 2.93. The van der Waals surface area contributed by atoms with Crippen LogP contribution < -0.4 is 0 Å². The molecule has 2 rings (SSSR count). The predicted octanol–water partition coefficient (Wildman–Crippen LogP) is 2.51. The Bertz CT molecular complexity index is 582. The summed E-state index contributed by atoms with van der Waals surface area (Å²) in [5, 5.41) is 0. The summed E-state index contributed by atoms with van der Waals surface area (Å²) in [7, 11) is 3.84. The molecule has 0 aliphatic carbocycles. The van der Waals surface area contributed by atoms with Crippen molar-refractivity contribution in [3.05, 3.63) is 34.3 Å². The van der Waals surface area contributed by atoms with Gasteiger partial charge in [0.05, 0.1) is 0 Å². The molecule has 4 nitrogen and oxygen atoms in total. The zero-order valence-corrected chi connectivity index (χ0v) is 10.7. The highest BCUT2D eigenvalue weighted by molar-refractivity contribution is 7.71. The van der Waals surface area contributed by atoms with Crippen molar-refractivity contribution in [3.8, 4) is 0 Å². The molecule has 0 aliphatic rings. The van der Waals surface area contributed by atoms with Gasteiger partial charge in [0.15, 0.2) is 9.54 Å². The van der Waals surface area contributed by atoms with Crippen molar-refractivity contribution < 1.29 is 0 Å². The molecule has 0 fully saturated rings. The summed E-state index contributed by atoms with van der Waals surface area (Å²) in [6.45, 7) is 0. The summed E-state index contributed by atoms with van der Waals surface area (Å²) < 4.78 is 8.99. The molecule has 0 spiro atoms. The molecule has 0 unspecified atom stereocenters. The minimum absolute atomic E-state index is 0.749. The summed E-state index contributed by atoms with van der Waals surface area (Å²) in [6.07, 6.45) is 11.4. The molecule has 16 heavy (non-hydrogen) atoms. The van der Waals surface area contributed by atoms with Crippen molar-refractivity contribution in [1.29, 1.82) is 0 Å². The lowest BCUT2D eigenvalue weighted by Crippen LogP contribution is -1.92. The van der Waals surface area contributed by atoms with Gasteiger partial charge < -0.3 is 9.13 Å². The molecule has 0 atom stereocenters. The van der Waals surface area contributed by atoms with E-state index in [9.17, 15) is 0 Å². The minimum Gasteiger partial charge on any atom is -0.327 e. The Morgan fingerprint density at radius 1 is 0.812 bits per heavy atom. The van der Waals surface area contributed by atoms with Gasteiger partial charge in [-0.15, -0.1) is 0 Å². The Morgan fingerprint density at radius 3 is 1.44 bits per heavy atom. The summed E-state index contributed by atoms with van der Waals surface area (Å²) in [6, 6.07) is 0. The van der Waals surface area contributed by atoms with Crippen molar-refractivity contribution in [2.24, 2.45) is 14.1 Å². The van der Waals surface area contributed by atoms with Gasteiger partial charge in [-0.05, 0) is 24.4 Å². The third-order valence-electron chi connectivity index (χ3n) is 2.33. The fourth-order valence-corrected chi connectivity index (χ4v) is 1.70. The van der Waals surface area contributed by atoms with Crippen LogP contribution in [0, 0.1) is 9.54 Å². The van der Waals surface area contributed by atoms with Crippen LogP contribution >= 0.6 is 24.4 Å². The van der Waals surface area contributed by atoms with Gasteiger partial charge in [0.1, 0.15) is 0 Å². The zero-order chi connectivity index (χ0) is 11.7. The second-order valence-corrected chi connectivity index (χ2v) is 4.23. The van der Waals surface area contributed by atoms with Crippen LogP contribution in [0.15, 0.2) is 24.8 Å². The van der Waals surface area contributed by atoms with Crippen LogP contribution in [-0.4, -0.2) is 18.3 Å². The largest absolute Gasteiger partial charge is 0.327 e. The smallest absolute Gasteiger partial charge is 0.183 e. The lowest BCUT2D eigenvalue weighted by atomic mass is 10.8. The van der Waals surface area contributed by atoms with Gasteiger partial charge in [-0.25, -0.2) is 0 Å². The van der Waals surface area contributed by atoms with E-state index in [1.807, 2.05) is 69.6 Å². The summed E-state index contributed by atoms with van der Waals surface area (Å²) in [4.78, 5) is 0. The van der Waals surface area contributed by atoms with Crippen LogP contribution in [0.5, 0.6) is 0 Å². The van der Waals surface area contributed by atoms with Gasteiger partial charge in [-0.3, -0.25) is 9.13 Å². The molecule has 0 saturated carbocycles. The second kappa shape index (κ2) is 4.23. The van der Waals surface area contributed by atoms with E-state index in [-0.39, 0.29) is 0 Å². The molecular weight excluding hydrogens is 240 g/mol. The zero-order valence-electron chi connectivity index (χ0n) is 9.07. The highest BCUT2D eigenvalue weighted by atomic mass is 32.1. The van der Waals surface area contributed by atoms with Crippen molar-refractivity contribution in [2.45, 2.75) is 0 Å². The molecule has 0 saturated heterocycles. The van der Waals surface area contributed by atoms with Crippen LogP contribution in [0.2, 0.25) is 0 Å². The van der Waals surface area contributed by atoms with E-state index in [1.54, 1.807) is 0 Å². The van der Waals surface area contributed by atoms with E-state index >= 15 is 0 Å². The molecule has 0 aliphatic heterocycles. The van der Waals surface area contributed by atoms with E-state index in [0.29, 0.717) is 0 Å². The van der Waals surface area contributed by atoms with Crippen molar-refractivity contribution in [3.63, 3.8) is 0 Å². The van der Waals surface area contributed by atoms with Crippen molar-refractivity contribution >= 4 is 36.8 Å². The van der Waals surface area contributed by atoms with Gasteiger partial charge >= 0.3 is 0 Å². The second-order valence-electron chi connectivity index (χ2n) is 3.50. The van der Waals surface area contributed by atoms with E-state index in [0.717, 1.165) is 9.54 Å². The van der Waals surface area contributed by atoms with Crippen molar-refractivity contribution in [1.82, 2.24) is 18.3 Å². The average molecular weight is 252 g/mol. The first-order valence-corrected chi connectivity index (χ1v) is 5.56. The lowest BCUT2D eigenvalue weighted by molar-refractivity contribution is 0.868. The minimum atomic E-state index is 0.749. The van der Waals surface area contributed by atoms with Crippen LogP contribution in [0.3, 0.4) is 0 Å². The SMILES string of the molecule is Cn1ccn(/C=C/n2ccn(C)c2=S)c1=S. The van der Waals surface area contributed by atoms with Crippen LogP contribution in [-0.2, 0) is 14.1 Å². The molecule has 2 aromatic rings. The van der Waals surface area contributed by atoms with E-state index in [2.05, 4.69) is 0 Å². The average Bonchev–Trinajstić information content (AvgIpc) is 2.74. The van der Waals surface area contributed by atoms with Gasteiger partial charge in [0, 0.05) is 51.3 Å². The third-order valence-corrected chi connectivity index (χ3v) is 3.33. The Morgan fingerprint density at radius 2 is 1.19 bits per heavy atom. The van der Waals surface area contributed by atoms with Gasteiger partial charge in [-0.2, -0.15) is 0 Å². The Balaban J connectivity index is 2.35. The molecule has 0 amide bonds. The highest BCUT2D eigenvalue weighted by Gasteiger charge is 1.93. The Hall–Kier alpha value is -1.40. The first kappa shape index (κ1) is 11.1. The predicted molar refractivity (Wildman–Crippen MR) is 70.0 cm³/mol. The van der Waals surface area contributed by atoms with Gasteiger partial charge in [0.25, 0.3) is 0 Å². The number of rotatable bonds is 2. The van der Waals surface area contributed by atoms with E-state index < -0.39 is 0 Å². The number of hydrogen-bond donors (Lipinski definition) is 0. The first-order valence-electron chi connectivity index (χ1n) is 4.75. The van der Waals surface area contributed by atoms with Crippen LogP contribution in [0.25, 0.3) is 12.4 Å². The highest BCUT2D eigenvalue weighted by Crippen LogP contribution is 2.00. The molecule has 2 heterocycles.